The van der Waals surface area contributed by atoms with Crippen molar-refractivity contribution in [3.05, 3.63) is 47.4 Å². The van der Waals surface area contributed by atoms with Crippen LogP contribution in [0.5, 0.6) is 0 Å². The number of nitrogens with one attached hydrogen (secondary N) is 1. The summed E-state index contributed by atoms with van der Waals surface area (Å²) in [6, 6.07) is 6.36. The van der Waals surface area contributed by atoms with Crippen LogP contribution in [0.15, 0.2) is 28.8 Å². The van der Waals surface area contributed by atoms with E-state index in [1.165, 1.54) is 12.1 Å². The van der Waals surface area contributed by atoms with Gasteiger partial charge < -0.3 is 9.84 Å². The lowest BCUT2D eigenvalue weighted by Crippen LogP contribution is -2.42. The number of rotatable bonds is 7. The topological polar surface area (TPSA) is 71.3 Å². The molecule has 0 radical (unpaired) electrons. The van der Waals surface area contributed by atoms with E-state index in [-0.39, 0.29) is 23.6 Å². The number of nitrogens with zero attached hydrogens (tertiary/aromatic N) is 3. The summed E-state index contributed by atoms with van der Waals surface area (Å²) in [6.07, 6.45) is 2.70. The third-order valence-corrected chi connectivity index (χ3v) is 4.84. The van der Waals surface area contributed by atoms with Gasteiger partial charge in [-0.05, 0) is 43.5 Å². The Morgan fingerprint density at radius 1 is 1.37 bits per heavy atom. The maximum atomic E-state index is 12.9. The molecule has 3 rings (SSSR count). The number of aromatic nitrogens is 2. The molecule has 6 nitrogen and oxygen atoms in total. The largest absolute Gasteiger partial charge is 0.355 e. The summed E-state index contributed by atoms with van der Waals surface area (Å²) in [5, 5.41) is 6.99. The van der Waals surface area contributed by atoms with Gasteiger partial charge in [-0.1, -0.05) is 31.1 Å². The van der Waals surface area contributed by atoms with Crippen molar-refractivity contribution in [3.8, 4) is 0 Å². The Morgan fingerprint density at radius 3 is 2.85 bits per heavy atom. The van der Waals surface area contributed by atoms with E-state index in [4.69, 9.17) is 4.52 Å². The lowest BCUT2D eigenvalue weighted by Gasteiger charge is -2.30. The standard InChI is InChI=1S/C20H27FN4O2/c1-14(2)19-23-20(27-24-19)16-4-3-11-25(12-16)13-18(26)22-10-9-15-5-7-17(21)8-6-15/h5-8,14,16H,3-4,9-13H2,1-2H3,(H,22,26). The Bertz CT molecular complexity index is 745. The molecule has 2 heterocycles. The molecule has 1 aromatic heterocycles. The molecule has 1 fully saturated rings. The molecule has 146 valence electrons. The van der Waals surface area contributed by atoms with Crippen LogP contribution in [0.2, 0.25) is 0 Å². The number of hydrogen-bond acceptors (Lipinski definition) is 5. The SMILES string of the molecule is CC(C)c1noc(C2CCCN(CC(=O)NCCc3ccc(F)cc3)C2)n1. The van der Waals surface area contributed by atoms with E-state index in [0.717, 1.165) is 37.3 Å². The lowest BCUT2D eigenvalue weighted by molar-refractivity contribution is -0.122. The zero-order valence-electron chi connectivity index (χ0n) is 15.9. The third-order valence-electron chi connectivity index (χ3n) is 4.84. The molecule has 1 N–H and O–H groups in total. The number of likely N-dealkylation sites (tertiary alicyclic amines) is 1. The minimum Gasteiger partial charge on any atom is -0.355 e. The average Bonchev–Trinajstić information content (AvgIpc) is 3.14. The van der Waals surface area contributed by atoms with Crippen LogP contribution in [-0.2, 0) is 11.2 Å². The van der Waals surface area contributed by atoms with Crippen LogP contribution in [0.25, 0.3) is 0 Å². The molecule has 0 aliphatic carbocycles. The van der Waals surface area contributed by atoms with Crippen molar-refractivity contribution in [2.45, 2.75) is 44.9 Å². The number of carbonyl (C=O) groups is 1. The average molecular weight is 374 g/mol. The van der Waals surface area contributed by atoms with E-state index in [1.54, 1.807) is 12.1 Å². The molecule has 1 atom stereocenters. The number of carbonyl (C=O) groups excluding carboxylic acids is 1. The first kappa shape index (κ1) is 19.5. The summed E-state index contributed by atoms with van der Waals surface area (Å²) in [4.78, 5) is 18.9. The van der Waals surface area contributed by atoms with Gasteiger partial charge in [0.25, 0.3) is 0 Å². The van der Waals surface area contributed by atoms with Gasteiger partial charge in [-0.2, -0.15) is 4.98 Å². The van der Waals surface area contributed by atoms with Gasteiger partial charge in [-0.25, -0.2) is 4.39 Å². The van der Waals surface area contributed by atoms with E-state index >= 15 is 0 Å². The lowest BCUT2D eigenvalue weighted by atomic mass is 9.98. The fourth-order valence-electron chi connectivity index (χ4n) is 3.30. The van der Waals surface area contributed by atoms with Crippen molar-refractivity contribution in [2.75, 3.05) is 26.2 Å². The summed E-state index contributed by atoms with van der Waals surface area (Å²) in [5.41, 5.74) is 1.01. The second-order valence-electron chi connectivity index (χ2n) is 7.45. The number of hydrogen-bond donors (Lipinski definition) is 1. The van der Waals surface area contributed by atoms with Crippen LogP contribution in [0.4, 0.5) is 4.39 Å². The molecular formula is C20H27FN4O2. The molecule has 2 aromatic rings. The summed E-state index contributed by atoms with van der Waals surface area (Å²) < 4.78 is 18.3. The van der Waals surface area contributed by atoms with Crippen LogP contribution >= 0.6 is 0 Å². The molecule has 1 aliphatic rings. The van der Waals surface area contributed by atoms with Crippen molar-refractivity contribution in [1.29, 1.82) is 0 Å². The van der Waals surface area contributed by atoms with Crippen molar-refractivity contribution in [3.63, 3.8) is 0 Å². The van der Waals surface area contributed by atoms with Crippen molar-refractivity contribution >= 4 is 5.91 Å². The van der Waals surface area contributed by atoms with Gasteiger partial charge in [0.15, 0.2) is 5.82 Å². The Labute approximate surface area is 159 Å². The van der Waals surface area contributed by atoms with E-state index in [0.29, 0.717) is 25.4 Å². The minimum absolute atomic E-state index is 0.00570. The van der Waals surface area contributed by atoms with Crippen LogP contribution in [0.3, 0.4) is 0 Å². The molecule has 1 unspecified atom stereocenters. The molecule has 0 saturated carbocycles. The van der Waals surface area contributed by atoms with Crippen molar-refractivity contribution in [1.82, 2.24) is 20.4 Å². The number of halogens is 1. The quantitative estimate of drug-likeness (QED) is 0.807. The van der Waals surface area contributed by atoms with E-state index in [1.807, 2.05) is 13.8 Å². The molecular weight excluding hydrogens is 347 g/mol. The Hall–Kier alpha value is -2.28. The van der Waals surface area contributed by atoms with Crippen LogP contribution < -0.4 is 5.32 Å². The van der Waals surface area contributed by atoms with Crippen LogP contribution in [0.1, 0.15) is 55.8 Å². The first-order valence-electron chi connectivity index (χ1n) is 9.58. The highest BCUT2D eigenvalue weighted by molar-refractivity contribution is 5.78. The van der Waals surface area contributed by atoms with Gasteiger partial charge in [0.05, 0.1) is 12.5 Å². The van der Waals surface area contributed by atoms with Gasteiger partial charge in [0, 0.05) is 19.0 Å². The van der Waals surface area contributed by atoms with E-state index in [9.17, 15) is 9.18 Å². The molecule has 1 aliphatic heterocycles. The molecule has 0 bridgehead atoms. The summed E-state index contributed by atoms with van der Waals surface area (Å²) in [7, 11) is 0. The van der Waals surface area contributed by atoms with Gasteiger partial charge in [-0.15, -0.1) is 0 Å². The highest BCUT2D eigenvalue weighted by Gasteiger charge is 2.27. The normalized spacial score (nSPS) is 18.0. The van der Waals surface area contributed by atoms with E-state index in [2.05, 4.69) is 20.4 Å². The second-order valence-corrected chi connectivity index (χ2v) is 7.45. The van der Waals surface area contributed by atoms with Crippen molar-refractivity contribution in [2.24, 2.45) is 0 Å². The van der Waals surface area contributed by atoms with Gasteiger partial charge in [0.2, 0.25) is 11.8 Å². The minimum atomic E-state index is -0.246. The van der Waals surface area contributed by atoms with Gasteiger partial charge in [-0.3, -0.25) is 9.69 Å². The summed E-state index contributed by atoms with van der Waals surface area (Å²) >= 11 is 0. The number of benzene rings is 1. The monoisotopic (exact) mass is 374 g/mol. The van der Waals surface area contributed by atoms with Crippen molar-refractivity contribution < 1.29 is 13.7 Å². The molecule has 7 heteroatoms. The highest BCUT2D eigenvalue weighted by Crippen LogP contribution is 2.26. The molecule has 27 heavy (non-hydrogen) atoms. The third kappa shape index (κ3) is 5.60. The van der Waals surface area contributed by atoms with Gasteiger partial charge >= 0.3 is 0 Å². The maximum absolute atomic E-state index is 12.9. The summed E-state index contributed by atoms with van der Waals surface area (Å²) in [5.74, 6) is 1.61. The van der Waals surface area contributed by atoms with E-state index < -0.39 is 0 Å². The molecule has 0 spiro atoms. The predicted octanol–water partition coefficient (Wildman–Crippen LogP) is 2.87. The smallest absolute Gasteiger partial charge is 0.234 e. The molecule has 1 saturated heterocycles. The van der Waals surface area contributed by atoms with Crippen LogP contribution in [0, 0.1) is 5.82 Å². The fourth-order valence-corrected chi connectivity index (χ4v) is 3.30. The zero-order chi connectivity index (χ0) is 19.2. The Balaban J connectivity index is 1.43. The number of amides is 1. The molecule has 1 amide bonds. The first-order valence-corrected chi connectivity index (χ1v) is 9.58. The Kier molecular flexibility index (Phi) is 6.55. The maximum Gasteiger partial charge on any atom is 0.234 e. The first-order chi connectivity index (χ1) is 13.0. The van der Waals surface area contributed by atoms with Crippen LogP contribution in [-0.4, -0.2) is 47.1 Å². The zero-order valence-corrected chi connectivity index (χ0v) is 15.9. The molecule has 1 aromatic carbocycles. The highest BCUT2D eigenvalue weighted by atomic mass is 19.1. The summed E-state index contributed by atoms with van der Waals surface area (Å²) in [6.45, 7) is 6.64. The number of piperidine rings is 1. The van der Waals surface area contributed by atoms with Gasteiger partial charge in [0.1, 0.15) is 5.82 Å². The predicted molar refractivity (Wildman–Crippen MR) is 99.9 cm³/mol. The second kappa shape index (κ2) is 9.08. The fraction of sp³-hybridized carbons (Fsp3) is 0.550. The Morgan fingerprint density at radius 2 is 2.15 bits per heavy atom.